The predicted molar refractivity (Wildman–Crippen MR) is 122 cm³/mol. The largest absolute Gasteiger partial charge is 0.383 e. The van der Waals surface area contributed by atoms with Crippen molar-refractivity contribution in [2.75, 3.05) is 23.7 Å². The summed E-state index contributed by atoms with van der Waals surface area (Å²) in [7, 11) is 0. The summed E-state index contributed by atoms with van der Waals surface area (Å²) in [5.74, 6) is -0.904. The number of carbonyl (C=O) groups is 1. The smallest absolute Gasteiger partial charge is 0.330 e. The minimum atomic E-state index is -0.742. The summed E-state index contributed by atoms with van der Waals surface area (Å²) in [6, 6.07) is 15.0. The number of nitrogens with one attached hydrogen (secondary N) is 2. The highest BCUT2D eigenvalue weighted by molar-refractivity contribution is 5.96. The summed E-state index contributed by atoms with van der Waals surface area (Å²) in [5, 5.41) is 2.98. The molecule has 0 saturated carbocycles. The number of hydrogen-bond donors (Lipinski definition) is 3. The van der Waals surface area contributed by atoms with Crippen LogP contribution in [0.4, 0.5) is 15.9 Å². The Bertz CT molecular complexity index is 1210. The minimum absolute atomic E-state index is 0.0895. The lowest BCUT2D eigenvalue weighted by Gasteiger charge is -2.24. The van der Waals surface area contributed by atoms with Crippen LogP contribution >= 0.6 is 0 Å². The Hall–Kier alpha value is -3.72. The average Bonchev–Trinajstić information content (AvgIpc) is 2.78. The number of H-pyrrole nitrogens is 1. The molecule has 1 unspecified atom stereocenters. The van der Waals surface area contributed by atoms with Gasteiger partial charge in [-0.2, -0.15) is 0 Å². The van der Waals surface area contributed by atoms with E-state index in [1.807, 2.05) is 30.3 Å². The highest BCUT2D eigenvalue weighted by Crippen LogP contribution is 2.19. The van der Waals surface area contributed by atoms with Crippen molar-refractivity contribution in [3.8, 4) is 0 Å². The number of rotatable bonds is 8. The molecule has 2 aromatic carbocycles. The second-order valence-corrected chi connectivity index (χ2v) is 7.33. The average molecular weight is 439 g/mol. The number of likely N-dealkylation sites (N-methyl/N-ethyl adjacent to an activating group) is 1. The molecule has 168 valence electrons. The molecule has 0 spiro atoms. The topological polar surface area (TPSA) is 113 Å². The fourth-order valence-electron chi connectivity index (χ4n) is 3.49. The van der Waals surface area contributed by atoms with E-state index in [4.69, 9.17) is 5.73 Å². The molecule has 4 N–H and O–H groups in total. The van der Waals surface area contributed by atoms with Gasteiger partial charge in [-0.15, -0.1) is 0 Å². The van der Waals surface area contributed by atoms with Gasteiger partial charge in [-0.3, -0.25) is 19.1 Å². The van der Waals surface area contributed by atoms with Crippen LogP contribution in [0, 0.1) is 5.82 Å². The van der Waals surface area contributed by atoms with Crippen molar-refractivity contribution in [2.24, 2.45) is 0 Å². The number of aromatic nitrogens is 2. The molecule has 0 aliphatic rings. The van der Waals surface area contributed by atoms with Gasteiger partial charge in [0, 0.05) is 18.2 Å². The molecule has 0 radical (unpaired) electrons. The molecular formula is C23H26FN5O3. The summed E-state index contributed by atoms with van der Waals surface area (Å²) in [4.78, 5) is 41.3. The van der Waals surface area contributed by atoms with Crippen molar-refractivity contribution < 1.29 is 9.18 Å². The van der Waals surface area contributed by atoms with E-state index in [0.717, 1.165) is 5.56 Å². The number of nitrogens with two attached hydrogens (primary N) is 1. The van der Waals surface area contributed by atoms with Crippen molar-refractivity contribution in [2.45, 2.75) is 26.4 Å². The second kappa shape index (κ2) is 10.1. The number of carbonyl (C=O) groups excluding carboxylic acids is 1. The molecule has 0 saturated heterocycles. The molecule has 32 heavy (non-hydrogen) atoms. The van der Waals surface area contributed by atoms with Gasteiger partial charge in [0.1, 0.15) is 11.6 Å². The van der Waals surface area contributed by atoms with Crippen LogP contribution in [0.3, 0.4) is 0 Å². The Morgan fingerprint density at radius 2 is 1.81 bits per heavy atom. The molecule has 0 aliphatic carbocycles. The Balaban J connectivity index is 1.85. The highest BCUT2D eigenvalue weighted by Gasteiger charge is 2.23. The number of benzene rings is 2. The molecule has 0 aliphatic heterocycles. The highest BCUT2D eigenvalue weighted by atomic mass is 19.1. The molecule has 8 nitrogen and oxygen atoms in total. The van der Waals surface area contributed by atoms with Crippen LogP contribution in [0.2, 0.25) is 0 Å². The first-order valence-corrected chi connectivity index (χ1v) is 10.3. The fourth-order valence-corrected chi connectivity index (χ4v) is 3.49. The maximum Gasteiger partial charge on any atom is 0.330 e. The molecule has 3 aromatic rings. The zero-order valence-corrected chi connectivity index (χ0v) is 18.0. The van der Waals surface area contributed by atoms with Crippen molar-refractivity contribution in [3.63, 3.8) is 0 Å². The number of amides is 1. The van der Waals surface area contributed by atoms with E-state index in [1.165, 1.54) is 15.5 Å². The van der Waals surface area contributed by atoms with Crippen molar-refractivity contribution >= 4 is 17.4 Å². The van der Waals surface area contributed by atoms with Gasteiger partial charge in [-0.1, -0.05) is 48.5 Å². The Kier molecular flexibility index (Phi) is 7.21. The van der Waals surface area contributed by atoms with E-state index in [-0.39, 0.29) is 37.0 Å². The third-order valence-electron chi connectivity index (χ3n) is 5.22. The maximum absolute atomic E-state index is 14.0. The third kappa shape index (κ3) is 4.94. The van der Waals surface area contributed by atoms with Gasteiger partial charge in [-0.05, 0) is 25.5 Å². The standard InChI is InChI=1S/C23H26FN5O3/c1-3-28(19(30)13-26-15(2)17-11-7-8-12-18(17)24)20-21(25)29(23(32)27-22(20)31)14-16-9-5-4-6-10-16/h4-12,15,26H,3,13-14,25H2,1-2H3,(H,27,31,32). The SMILES string of the molecule is CCN(C(=O)CNC(C)c1ccccc1F)c1c(N)n(Cc2ccccc2)c(=O)[nH]c1=O. The van der Waals surface area contributed by atoms with Gasteiger partial charge in [0.2, 0.25) is 5.91 Å². The first-order valence-electron chi connectivity index (χ1n) is 10.3. The summed E-state index contributed by atoms with van der Waals surface area (Å²) < 4.78 is 15.2. The Morgan fingerprint density at radius 3 is 2.47 bits per heavy atom. The normalized spacial score (nSPS) is 11.8. The number of hydrogen-bond acceptors (Lipinski definition) is 5. The zero-order valence-electron chi connectivity index (χ0n) is 18.0. The molecule has 1 heterocycles. The van der Waals surface area contributed by atoms with Gasteiger partial charge in [0.05, 0.1) is 13.1 Å². The molecular weight excluding hydrogens is 413 g/mol. The number of anilines is 2. The molecule has 3 rings (SSSR count). The molecule has 1 atom stereocenters. The summed E-state index contributed by atoms with van der Waals surface area (Å²) in [6.07, 6.45) is 0. The first kappa shape index (κ1) is 23.0. The zero-order chi connectivity index (χ0) is 23.3. The van der Waals surface area contributed by atoms with Gasteiger partial charge in [-0.25, -0.2) is 9.18 Å². The molecule has 1 aromatic heterocycles. The van der Waals surface area contributed by atoms with E-state index in [1.54, 1.807) is 32.0 Å². The lowest BCUT2D eigenvalue weighted by molar-refractivity contribution is -0.117. The van der Waals surface area contributed by atoms with Crippen LogP contribution in [0.15, 0.2) is 64.2 Å². The summed E-state index contributed by atoms with van der Waals surface area (Å²) in [6.45, 7) is 3.59. The van der Waals surface area contributed by atoms with Crippen LogP contribution in [0.1, 0.15) is 31.0 Å². The minimum Gasteiger partial charge on any atom is -0.383 e. The van der Waals surface area contributed by atoms with Gasteiger partial charge in [0.25, 0.3) is 5.56 Å². The number of aromatic amines is 1. The monoisotopic (exact) mass is 439 g/mol. The van der Waals surface area contributed by atoms with Crippen molar-refractivity contribution in [3.05, 3.63) is 92.4 Å². The quantitative estimate of drug-likeness (QED) is 0.497. The van der Waals surface area contributed by atoms with E-state index in [9.17, 15) is 18.8 Å². The van der Waals surface area contributed by atoms with Crippen molar-refractivity contribution in [1.29, 1.82) is 0 Å². The van der Waals surface area contributed by atoms with Crippen LogP contribution in [0.25, 0.3) is 0 Å². The molecule has 0 fully saturated rings. The van der Waals surface area contributed by atoms with E-state index < -0.39 is 23.2 Å². The Labute approximate surface area is 184 Å². The van der Waals surface area contributed by atoms with Crippen LogP contribution in [0.5, 0.6) is 0 Å². The predicted octanol–water partition coefficient (Wildman–Crippen LogP) is 2.01. The van der Waals surface area contributed by atoms with Crippen molar-refractivity contribution in [1.82, 2.24) is 14.9 Å². The van der Waals surface area contributed by atoms with E-state index in [2.05, 4.69) is 10.3 Å². The summed E-state index contributed by atoms with van der Waals surface area (Å²) in [5.41, 5.74) is 5.95. The van der Waals surface area contributed by atoms with E-state index in [0.29, 0.717) is 5.56 Å². The van der Waals surface area contributed by atoms with Crippen LogP contribution < -0.4 is 27.2 Å². The lowest BCUT2D eigenvalue weighted by atomic mass is 10.1. The number of nitrogen functional groups attached to an aromatic ring is 1. The second-order valence-electron chi connectivity index (χ2n) is 7.33. The number of nitrogens with zero attached hydrogens (tertiary/aromatic N) is 2. The van der Waals surface area contributed by atoms with Gasteiger partial charge < -0.3 is 16.0 Å². The molecule has 1 amide bonds. The third-order valence-corrected chi connectivity index (χ3v) is 5.22. The van der Waals surface area contributed by atoms with Crippen LogP contribution in [-0.2, 0) is 11.3 Å². The number of halogens is 1. The first-order chi connectivity index (χ1) is 15.3. The lowest BCUT2D eigenvalue weighted by Crippen LogP contribution is -2.44. The van der Waals surface area contributed by atoms with Gasteiger partial charge in [0.15, 0.2) is 5.69 Å². The summed E-state index contributed by atoms with van der Waals surface area (Å²) >= 11 is 0. The molecule has 9 heteroatoms. The maximum atomic E-state index is 14.0. The van der Waals surface area contributed by atoms with Crippen LogP contribution in [-0.4, -0.2) is 28.5 Å². The van der Waals surface area contributed by atoms with Gasteiger partial charge >= 0.3 is 5.69 Å². The molecule has 0 bridgehead atoms. The fraction of sp³-hybridized carbons (Fsp3) is 0.261. The Morgan fingerprint density at radius 1 is 1.16 bits per heavy atom. The van der Waals surface area contributed by atoms with E-state index >= 15 is 0 Å².